The van der Waals surface area contributed by atoms with E-state index in [1.807, 2.05) is 31.2 Å². The fraction of sp³-hybridized carbons (Fsp3) is 0.217. The first-order valence-electron chi connectivity index (χ1n) is 9.99. The van der Waals surface area contributed by atoms with Gasteiger partial charge in [0.1, 0.15) is 11.4 Å². The third-order valence-electron chi connectivity index (χ3n) is 5.76. The predicted molar refractivity (Wildman–Crippen MR) is 116 cm³/mol. The van der Waals surface area contributed by atoms with Gasteiger partial charge in [0.05, 0.1) is 11.6 Å². The van der Waals surface area contributed by atoms with Gasteiger partial charge in [-0.05, 0) is 36.6 Å². The van der Waals surface area contributed by atoms with E-state index in [4.69, 9.17) is 11.6 Å². The number of fused-ring (bicyclic) bond motifs is 3. The lowest BCUT2D eigenvalue weighted by atomic mass is 9.92. The fourth-order valence-corrected chi connectivity index (χ4v) is 4.50. The number of hydrogen-bond acceptors (Lipinski definition) is 4. The summed E-state index contributed by atoms with van der Waals surface area (Å²) in [6.07, 6.45) is -2.91. The highest BCUT2D eigenvalue weighted by Gasteiger charge is 2.37. The highest BCUT2D eigenvalue weighted by Crippen LogP contribution is 2.42. The van der Waals surface area contributed by atoms with Gasteiger partial charge in [0.15, 0.2) is 0 Å². The Labute approximate surface area is 186 Å². The second kappa shape index (κ2) is 7.41. The van der Waals surface area contributed by atoms with Gasteiger partial charge in [0.25, 0.3) is 0 Å². The molecule has 0 radical (unpaired) electrons. The van der Waals surface area contributed by atoms with Crippen molar-refractivity contribution < 1.29 is 18.3 Å². The van der Waals surface area contributed by atoms with Gasteiger partial charge in [-0.3, -0.25) is 0 Å². The number of aryl methyl sites for hydroxylation is 1. The van der Waals surface area contributed by atoms with Crippen LogP contribution in [-0.2, 0) is 12.6 Å². The Kier molecular flexibility index (Phi) is 4.78. The number of nitrogens with one attached hydrogen (secondary N) is 1. The quantitative estimate of drug-likeness (QED) is 0.398. The number of benzene rings is 2. The molecule has 0 aliphatic carbocycles. The van der Waals surface area contributed by atoms with Crippen molar-refractivity contribution in [2.45, 2.75) is 25.6 Å². The Balaban J connectivity index is 1.71. The van der Waals surface area contributed by atoms with Crippen LogP contribution < -0.4 is 4.90 Å². The van der Waals surface area contributed by atoms with Crippen LogP contribution in [0.4, 0.5) is 19.1 Å². The van der Waals surface area contributed by atoms with Gasteiger partial charge in [-0.2, -0.15) is 13.2 Å². The van der Waals surface area contributed by atoms with E-state index in [-0.39, 0.29) is 11.7 Å². The molecule has 1 aliphatic rings. The van der Waals surface area contributed by atoms with Gasteiger partial charge in [-0.1, -0.05) is 41.4 Å². The van der Waals surface area contributed by atoms with Crippen LogP contribution in [-0.4, -0.2) is 26.6 Å². The summed E-state index contributed by atoms with van der Waals surface area (Å²) >= 11 is 6.17. The van der Waals surface area contributed by atoms with Crippen molar-refractivity contribution in [1.82, 2.24) is 15.0 Å². The van der Waals surface area contributed by atoms with E-state index >= 15 is 0 Å². The number of aromatic amines is 1. The minimum atomic E-state index is -4.57. The molecule has 32 heavy (non-hydrogen) atoms. The third-order valence-corrected chi connectivity index (χ3v) is 5.98. The molecule has 4 aromatic rings. The molecule has 1 unspecified atom stereocenters. The highest BCUT2D eigenvalue weighted by molar-refractivity contribution is 6.31. The Morgan fingerprint density at radius 1 is 1.16 bits per heavy atom. The van der Waals surface area contributed by atoms with Gasteiger partial charge in [0.2, 0.25) is 5.95 Å². The lowest BCUT2D eigenvalue weighted by molar-refractivity contribution is -0.141. The number of phenols is 1. The summed E-state index contributed by atoms with van der Waals surface area (Å²) in [6, 6.07) is 11.4. The molecule has 1 aliphatic heterocycles. The zero-order valence-electron chi connectivity index (χ0n) is 16.9. The largest absolute Gasteiger partial charge is 0.506 e. The number of halogens is 4. The minimum absolute atomic E-state index is 0.00281. The average Bonchev–Trinajstić information content (AvgIpc) is 3.12. The molecule has 5 rings (SSSR count). The standard InChI is InChI=1S/C23H18ClF3N4O/c1-12-2-4-13(5-3-12)21-20-15(16-10-14(24)11-17(32)19(16)30-20)7-9-31(21)22-28-8-6-18(29-22)23(25,26)27/h2-6,8,10-11,21,30,32H,7,9H2,1H3. The topological polar surface area (TPSA) is 65.0 Å². The van der Waals surface area contributed by atoms with Crippen LogP contribution in [0.15, 0.2) is 48.7 Å². The molecule has 0 fully saturated rings. The average molecular weight is 459 g/mol. The van der Waals surface area contributed by atoms with Crippen LogP contribution in [0.5, 0.6) is 5.75 Å². The van der Waals surface area contributed by atoms with E-state index in [0.29, 0.717) is 23.5 Å². The molecule has 9 heteroatoms. The second-order valence-corrected chi connectivity index (χ2v) is 8.30. The normalized spacial score (nSPS) is 16.4. The van der Waals surface area contributed by atoms with Crippen molar-refractivity contribution >= 4 is 28.5 Å². The maximum Gasteiger partial charge on any atom is 0.433 e. The SMILES string of the molecule is Cc1ccc(C2c3[nH]c4c(O)cc(Cl)cc4c3CCN2c2nccc(C(F)(F)F)n2)cc1. The number of aromatic nitrogens is 3. The minimum Gasteiger partial charge on any atom is -0.506 e. The van der Waals surface area contributed by atoms with Crippen LogP contribution in [0.2, 0.25) is 5.02 Å². The van der Waals surface area contributed by atoms with Gasteiger partial charge >= 0.3 is 6.18 Å². The molecule has 0 amide bonds. The van der Waals surface area contributed by atoms with E-state index in [0.717, 1.165) is 40.0 Å². The molecule has 0 saturated heterocycles. The number of aromatic hydroxyl groups is 1. The summed E-state index contributed by atoms with van der Waals surface area (Å²) in [6.45, 7) is 2.36. The lowest BCUT2D eigenvalue weighted by Crippen LogP contribution is -2.37. The molecule has 2 N–H and O–H groups in total. The lowest BCUT2D eigenvalue weighted by Gasteiger charge is -2.36. The zero-order valence-corrected chi connectivity index (χ0v) is 17.7. The summed E-state index contributed by atoms with van der Waals surface area (Å²) in [7, 11) is 0. The molecule has 164 valence electrons. The predicted octanol–water partition coefficient (Wildman–Crippen LogP) is 5.80. The molecular weight excluding hydrogens is 441 g/mol. The first kappa shape index (κ1) is 20.6. The molecule has 2 aromatic carbocycles. The Morgan fingerprint density at radius 3 is 2.62 bits per heavy atom. The maximum absolute atomic E-state index is 13.3. The molecule has 0 saturated carbocycles. The van der Waals surface area contributed by atoms with Crippen LogP contribution in [0.1, 0.15) is 34.1 Å². The van der Waals surface area contributed by atoms with Gasteiger partial charge < -0.3 is 15.0 Å². The monoisotopic (exact) mass is 458 g/mol. The van der Waals surface area contributed by atoms with Crippen molar-refractivity contribution in [2.24, 2.45) is 0 Å². The van der Waals surface area contributed by atoms with Crippen molar-refractivity contribution in [3.8, 4) is 5.75 Å². The summed E-state index contributed by atoms with van der Waals surface area (Å²) < 4.78 is 39.9. The van der Waals surface area contributed by atoms with Crippen molar-refractivity contribution in [2.75, 3.05) is 11.4 Å². The van der Waals surface area contributed by atoms with E-state index in [1.54, 1.807) is 11.0 Å². The Morgan fingerprint density at radius 2 is 1.91 bits per heavy atom. The van der Waals surface area contributed by atoms with Crippen LogP contribution in [0.3, 0.4) is 0 Å². The zero-order chi connectivity index (χ0) is 22.6. The van der Waals surface area contributed by atoms with Crippen LogP contribution >= 0.6 is 11.6 Å². The number of nitrogens with zero attached hydrogens (tertiary/aromatic N) is 3. The Bertz CT molecular complexity index is 1320. The molecular formula is C23H18ClF3N4O. The van der Waals surface area contributed by atoms with Gasteiger partial charge in [-0.15, -0.1) is 0 Å². The first-order chi connectivity index (χ1) is 15.2. The smallest absolute Gasteiger partial charge is 0.433 e. The van der Waals surface area contributed by atoms with Gasteiger partial charge in [-0.25, -0.2) is 9.97 Å². The fourth-order valence-electron chi connectivity index (χ4n) is 4.29. The maximum atomic E-state index is 13.3. The molecule has 1 atom stereocenters. The highest BCUT2D eigenvalue weighted by atomic mass is 35.5. The number of alkyl halides is 3. The molecule has 0 bridgehead atoms. The molecule has 3 heterocycles. The number of rotatable bonds is 2. The Hall–Kier alpha value is -3.26. The van der Waals surface area contributed by atoms with E-state index in [9.17, 15) is 18.3 Å². The van der Waals surface area contributed by atoms with Gasteiger partial charge in [0, 0.05) is 34.9 Å². The van der Waals surface area contributed by atoms with E-state index in [1.165, 1.54) is 6.07 Å². The first-order valence-corrected chi connectivity index (χ1v) is 10.4. The number of hydrogen-bond donors (Lipinski definition) is 2. The summed E-state index contributed by atoms with van der Waals surface area (Å²) in [5.41, 5.74) is 3.23. The molecule has 0 spiro atoms. The molecule has 5 nitrogen and oxygen atoms in total. The van der Waals surface area contributed by atoms with Crippen molar-refractivity contribution in [3.05, 3.63) is 81.8 Å². The van der Waals surface area contributed by atoms with Crippen molar-refractivity contribution in [3.63, 3.8) is 0 Å². The van der Waals surface area contributed by atoms with Crippen LogP contribution in [0, 0.1) is 6.92 Å². The molecule has 2 aromatic heterocycles. The third kappa shape index (κ3) is 3.44. The number of anilines is 1. The van der Waals surface area contributed by atoms with E-state index < -0.39 is 17.9 Å². The summed E-state index contributed by atoms with van der Waals surface area (Å²) in [5, 5.41) is 11.6. The number of phenolic OH excluding ortho intramolecular Hbond substituents is 1. The number of H-pyrrole nitrogens is 1. The second-order valence-electron chi connectivity index (χ2n) is 7.86. The van der Waals surface area contributed by atoms with Crippen molar-refractivity contribution in [1.29, 1.82) is 0 Å². The van der Waals surface area contributed by atoms with Crippen LogP contribution in [0.25, 0.3) is 10.9 Å². The summed E-state index contributed by atoms with van der Waals surface area (Å²) in [5.74, 6) is 0.0170. The summed E-state index contributed by atoms with van der Waals surface area (Å²) in [4.78, 5) is 13.0. The van der Waals surface area contributed by atoms with E-state index in [2.05, 4.69) is 15.0 Å².